The summed E-state index contributed by atoms with van der Waals surface area (Å²) in [5, 5.41) is 2.21. The van der Waals surface area contributed by atoms with E-state index in [9.17, 15) is 9.18 Å². The fraction of sp³-hybridized carbons (Fsp3) is 0. The molecule has 0 bridgehead atoms. The third-order valence-electron chi connectivity index (χ3n) is 1.25. The number of hydrogen-bond acceptors (Lipinski definition) is 2. The SMILES string of the molecule is Cl.NNC(=O)Nc1ccccc1F. The smallest absolute Gasteiger partial charge is 0.304 e. The van der Waals surface area contributed by atoms with Crippen molar-refractivity contribution in [2.45, 2.75) is 0 Å². The molecule has 0 aromatic heterocycles. The highest BCUT2D eigenvalue weighted by Gasteiger charge is 2.02. The molecule has 0 aliphatic carbocycles. The average Bonchev–Trinajstić information content (AvgIpc) is 2.09. The molecular weight excluding hydrogens is 197 g/mol. The highest BCUT2D eigenvalue weighted by molar-refractivity contribution is 5.88. The first-order valence-corrected chi connectivity index (χ1v) is 3.26. The Kier molecular flexibility index (Phi) is 4.79. The molecule has 0 spiro atoms. The van der Waals surface area contributed by atoms with E-state index in [4.69, 9.17) is 5.84 Å². The van der Waals surface area contributed by atoms with Crippen LogP contribution < -0.4 is 16.6 Å². The van der Waals surface area contributed by atoms with Gasteiger partial charge in [0.2, 0.25) is 0 Å². The summed E-state index contributed by atoms with van der Waals surface area (Å²) in [6.45, 7) is 0. The minimum atomic E-state index is -0.653. The van der Waals surface area contributed by atoms with E-state index in [1.54, 1.807) is 6.07 Å². The predicted octanol–water partition coefficient (Wildman–Crippen LogP) is 1.24. The molecule has 1 rings (SSSR count). The van der Waals surface area contributed by atoms with Crippen LogP contribution in [0.4, 0.5) is 14.9 Å². The molecule has 4 N–H and O–H groups in total. The number of hydrogen-bond donors (Lipinski definition) is 3. The molecule has 13 heavy (non-hydrogen) atoms. The number of nitrogens with one attached hydrogen (secondary N) is 2. The summed E-state index contributed by atoms with van der Waals surface area (Å²) < 4.78 is 12.8. The van der Waals surface area contributed by atoms with Gasteiger partial charge in [0, 0.05) is 0 Å². The van der Waals surface area contributed by atoms with Crippen LogP contribution in [0.15, 0.2) is 24.3 Å². The number of hydrazine groups is 1. The maximum atomic E-state index is 12.8. The Hall–Kier alpha value is -1.33. The van der Waals surface area contributed by atoms with Gasteiger partial charge in [0.15, 0.2) is 0 Å². The molecule has 0 unspecified atom stereocenters. The summed E-state index contributed by atoms with van der Waals surface area (Å²) in [6, 6.07) is 5.16. The number of urea groups is 1. The van der Waals surface area contributed by atoms with Gasteiger partial charge in [-0.3, -0.25) is 5.43 Å². The molecule has 1 aromatic rings. The van der Waals surface area contributed by atoms with Crippen molar-refractivity contribution in [1.82, 2.24) is 5.43 Å². The zero-order valence-electron chi connectivity index (χ0n) is 6.58. The monoisotopic (exact) mass is 205 g/mol. The second-order valence-electron chi connectivity index (χ2n) is 2.08. The first-order valence-electron chi connectivity index (χ1n) is 3.26. The maximum Gasteiger partial charge on any atom is 0.333 e. The summed E-state index contributed by atoms with van der Waals surface area (Å²) in [4.78, 5) is 10.6. The summed E-state index contributed by atoms with van der Waals surface area (Å²) in [5.74, 6) is 4.29. The Balaban J connectivity index is 0.00000144. The molecule has 6 heteroatoms. The molecule has 0 aliphatic heterocycles. The fourth-order valence-electron chi connectivity index (χ4n) is 0.721. The van der Waals surface area contributed by atoms with Gasteiger partial charge in [-0.1, -0.05) is 12.1 Å². The number of carbonyl (C=O) groups is 1. The van der Waals surface area contributed by atoms with Gasteiger partial charge in [0.05, 0.1) is 5.69 Å². The van der Waals surface area contributed by atoms with Crippen LogP contribution in [-0.4, -0.2) is 6.03 Å². The summed E-state index contributed by atoms with van der Waals surface area (Å²) in [5.41, 5.74) is 1.92. The molecule has 0 radical (unpaired) electrons. The minimum Gasteiger partial charge on any atom is -0.304 e. The number of nitrogens with two attached hydrogens (primary N) is 1. The van der Waals surface area contributed by atoms with E-state index in [1.807, 2.05) is 5.43 Å². The number of carbonyl (C=O) groups excluding carboxylic acids is 1. The highest BCUT2D eigenvalue weighted by atomic mass is 35.5. The van der Waals surface area contributed by atoms with Crippen LogP contribution in [0.3, 0.4) is 0 Å². The number of para-hydroxylation sites is 1. The number of rotatable bonds is 1. The van der Waals surface area contributed by atoms with E-state index >= 15 is 0 Å². The number of benzene rings is 1. The van der Waals surface area contributed by atoms with E-state index in [0.717, 1.165) is 0 Å². The van der Waals surface area contributed by atoms with Gasteiger partial charge in [-0.25, -0.2) is 15.0 Å². The van der Waals surface area contributed by atoms with Gasteiger partial charge >= 0.3 is 6.03 Å². The average molecular weight is 206 g/mol. The number of amides is 2. The van der Waals surface area contributed by atoms with E-state index in [0.29, 0.717) is 0 Å². The van der Waals surface area contributed by atoms with Crippen molar-refractivity contribution in [1.29, 1.82) is 0 Å². The van der Waals surface area contributed by atoms with Gasteiger partial charge in [-0.05, 0) is 12.1 Å². The standard InChI is InChI=1S/C7H8FN3O.ClH/c8-5-3-1-2-4-6(5)10-7(12)11-9;/h1-4H,9H2,(H2,10,11,12);1H. The lowest BCUT2D eigenvalue weighted by Gasteiger charge is -2.03. The zero-order chi connectivity index (χ0) is 8.97. The van der Waals surface area contributed by atoms with Crippen molar-refractivity contribution in [3.8, 4) is 0 Å². The lowest BCUT2D eigenvalue weighted by atomic mass is 10.3. The first-order chi connectivity index (χ1) is 5.74. The largest absolute Gasteiger partial charge is 0.333 e. The van der Waals surface area contributed by atoms with Gasteiger partial charge in [-0.15, -0.1) is 12.4 Å². The normalized spacial score (nSPS) is 8.46. The molecule has 0 saturated carbocycles. The number of halogens is 2. The Bertz CT molecular complexity index is 295. The molecule has 0 aliphatic rings. The van der Waals surface area contributed by atoms with E-state index in [-0.39, 0.29) is 18.1 Å². The van der Waals surface area contributed by atoms with Crippen LogP contribution in [0.5, 0.6) is 0 Å². The van der Waals surface area contributed by atoms with Crippen molar-refractivity contribution >= 4 is 24.1 Å². The van der Waals surface area contributed by atoms with Crippen molar-refractivity contribution < 1.29 is 9.18 Å². The van der Waals surface area contributed by atoms with Gasteiger partial charge in [0.1, 0.15) is 5.82 Å². The van der Waals surface area contributed by atoms with E-state index in [1.165, 1.54) is 18.2 Å². The zero-order valence-corrected chi connectivity index (χ0v) is 7.40. The second-order valence-corrected chi connectivity index (χ2v) is 2.08. The molecule has 0 heterocycles. The summed E-state index contributed by atoms with van der Waals surface area (Å²) >= 11 is 0. The quantitative estimate of drug-likeness (QED) is 0.367. The molecular formula is C7H9ClFN3O. The molecule has 2 amide bonds. The van der Waals surface area contributed by atoms with Crippen molar-refractivity contribution in [3.05, 3.63) is 30.1 Å². The molecule has 0 atom stereocenters. The van der Waals surface area contributed by atoms with Crippen molar-refractivity contribution in [2.24, 2.45) is 5.84 Å². The second kappa shape index (κ2) is 5.34. The third-order valence-corrected chi connectivity index (χ3v) is 1.25. The van der Waals surface area contributed by atoms with Gasteiger partial charge in [-0.2, -0.15) is 0 Å². The third kappa shape index (κ3) is 3.27. The first kappa shape index (κ1) is 11.7. The summed E-state index contributed by atoms with van der Waals surface area (Å²) in [6.07, 6.45) is 0. The molecule has 0 fully saturated rings. The topological polar surface area (TPSA) is 67.1 Å². The minimum absolute atomic E-state index is 0. The Morgan fingerprint density at radius 3 is 2.54 bits per heavy atom. The van der Waals surface area contributed by atoms with Gasteiger partial charge < -0.3 is 5.32 Å². The van der Waals surface area contributed by atoms with E-state index < -0.39 is 11.8 Å². The highest BCUT2D eigenvalue weighted by Crippen LogP contribution is 2.11. The Morgan fingerprint density at radius 1 is 1.38 bits per heavy atom. The van der Waals surface area contributed by atoms with Crippen LogP contribution in [0.25, 0.3) is 0 Å². The lowest BCUT2D eigenvalue weighted by Crippen LogP contribution is -2.34. The van der Waals surface area contributed by atoms with Gasteiger partial charge in [0.25, 0.3) is 0 Å². The predicted molar refractivity (Wildman–Crippen MR) is 50.0 cm³/mol. The molecule has 0 saturated heterocycles. The fourth-order valence-corrected chi connectivity index (χ4v) is 0.721. The lowest BCUT2D eigenvalue weighted by molar-refractivity contribution is 0.252. The molecule has 72 valence electrons. The molecule has 1 aromatic carbocycles. The van der Waals surface area contributed by atoms with Crippen LogP contribution in [0.1, 0.15) is 0 Å². The Morgan fingerprint density at radius 2 is 2.00 bits per heavy atom. The Labute approximate surface area is 80.7 Å². The van der Waals surface area contributed by atoms with Crippen LogP contribution >= 0.6 is 12.4 Å². The van der Waals surface area contributed by atoms with Crippen LogP contribution in [0, 0.1) is 5.82 Å². The molecule has 4 nitrogen and oxygen atoms in total. The number of anilines is 1. The maximum absolute atomic E-state index is 12.8. The van der Waals surface area contributed by atoms with Crippen LogP contribution in [0.2, 0.25) is 0 Å². The van der Waals surface area contributed by atoms with Crippen molar-refractivity contribution in [3.63, 3.8) is 0 Å². The van der Waals surface area contributed by atoms with Crippen molar-refractivity contribution in [2.75, 3.05) is 5.32 Å². The van der Waals surface area contributed by atoms with E-state index in [2.05, 4.69) is 5.32 Å². The van der Waals surface area contributed by atoms with Crippen LogP contribution in [-0.2, 0) is 0 Å². The summed E-state index contributed by atoms with van der Waals surface area (Å²) in [7, 11) is 0.